The molecule has 0 saturated carbocycles. The molecule has 2 heteroatoms. The van der Waals surface area contributed by atoms with Gasteiger partial charge in [-0.05, 0) is 37.8 Å². The van der Waals surface area contributed by atoms with Crippen LogP contribution in [0.2, 0.25) is 0 Å². The van der Waals surface area contributed by atoms with E-state index in [0.717, 1.165) is 26.0 Å². The first-order valence-corrected chi connectivity index (χ1v) is 6.17. The van der Waals surface area contributed by atoms with Crippen LogP contribution in [0.5, 0.6) is 0 Å². The minimum atomic E-state index is 0.336. The Balaban J connectivity index is 1.71. The zero-order valence-electron chi connectivity index (χ0n) is 10.2. The summed E-state index contributed by atoms with van der Waals surface area (Å²) in [6, 6.07) is 9.34. The van der Waals surface area contributed by atoms with Gasteiger partial charge in [0.2, 0.25) is 0 Å². The van der Waals surface area contributed by atoms with E-state index in [1.807, 2.05) is 0 Å². The fourth-order valence-electron chi connectivity index (χ4n) is 2.26. The lowest BCUT2D eigenvalue weighted by molar-refractivity contribution is 0.0795. The molecule has 1 N–H and O–H groups in total. The van der Waals surface area contributed by atoms with E-state index in [0.29, 0.717) is 12.1 Å². The standard InChI is InChI=1S/C14H21NO/c1-11(2)16-8-7-15-14-9-12-5-3-4-6-13(12)10-14/h3-6,11,14-15H,7-10H2,1-2H3. The molecule has 0 aromatic heterocycles. The van der Waals surface area contributed by atoms with E-state index in [1.165, 1.54) is 11.1 Å². The average molecular weight is 219 g/mol. The largest absolute Gasteiger partial charge is 0.377 e. The van der Waals surface area contributed by atoms with Crippen LogP contribution in [0, 0.1) is 0 Å². The molecule has 2 rings (SSSR count). The summed E-state index contributed by atoms with van der Waals surface area (Å²) >= 11 is 0. The summed E-state index contributed by atoms with van der Waals surface area (Å²) in [7, 11) is 0. The normalized spacial score (nSPS) is 15.7. The van der Waals surface area contributed by atoms with Crippen molar-refractivity contribution >= 4 is 0 Å². The van der Waals surface area contributed by atoms with E-state index in [-0.39, 0.29) is 0 Å². The van der Waals surface area contributed by atoms with E-state index in [1.54, 1.807) is 0 Å². The van der Waals surface area contributed by atoms with Gasteiger partial charge >= 0.3 is 0 Å². The Labute approximate surface area is 98.0 Å². The topological polar surface area (TPSA) is 21.3 Å². The van der Waals surface area contributed by atoms with Gasteiger partial charge in [-0.1, -0.05) is 24.3 Å². The van der Waals surface area contributed by atoms with Gasteiger partial charge in [0.1, 0.15) is 0 Å². The maximum absolute atomic E-state index is 5.52. The molecule has 0 atom stereocenters. The first-order valence-electron chi connectivity index (χ1n) is 6.17. The van der Waals surface area contributed by atoms with Gasteiger partial charge in [0.25, 0.3) is 0 Å². The van der Waals surface area contributed by atoms with Crippen LogP contribution >= 0.6 is 0 Å². The molecular weight excluding hydrogens is 198 g/mol. The monoisotopic (exact) mass is 219 g/mol. The third-order valence-corrected chi connectivity index (χ3v) is 3.04. The second-order valence-electron chi connectivity index (χ2n) is 4.75. The molecule has 1 aromatic carbocycles. The number of nitrogens with one attached hydrogen (secondary N) is 1. The van der Waals surface area contributed by atoms with Crippen molar-refractivity contribution < 1.29 is 4.74 Å². The van der Waals surface area contributed by atoms with Crippen molar-refractivity contribution in [2.45, 2.75) is 38.8 Å². The van der Waals surface area contributed by atoms with Gasteiger partial charge in [0, 0.05) is 12.6 Å². The molecule has 0 spiro atoms. The Kier molecular flexibility index (Phi) is 3.97. The van der Waals surface area contributed by atoms with Crippen LogP contribution in [0.1, 0.15) is 25.0 Å². The van der Waals surface area contributed by atoms with E-state index in [2.05, 4.69) is 43.4 Å². The maximum Gasteiger partial charge on any atom is 0.0594 e. The van der Waals surface area contributed by atoms with Gasteiger partial charge in [0.15, 0.2) is 0 Å². The Morgan fingerprint density at radius 3 is 2.44 bits per heavy atom. The average Bonchev–Trinajstić information content (AvgIpc) is 2.66. The third-order valence-electron chi connectivity index (χ3n) is 3.04. The Hall–Kier alpha value is -0.860. The van der Waals surface area contributed by atoms with Gasteiger partial charge in [-0.25, -0.2) is 0 Å². The summed E-state index contributed by atoms with van der Waals surface area (Å²) in [5.74, 6) is 0. The van der Waals surface area contributed by atoms with Gasteiger partial charge in [-0.2, -0.15) is 0 Å². The number of benzene rings is 1. The summed E-state index contributed by atoms with van der Waals surface area (Å²) in [4.78, 5) is 0. The van der Waals surface area contributed by atoms with Crippen molar-refractivity contribution in [2.75, 3.05) is 13.2 Å². The number of hydrogen-bond acceptors (Lipinski definition) is 2. The van der Waals surface area contributed by atoms with Crippen molar-refractivity contribution in [3.8, 4) is 0 Å². The molecule has 0 saturated heterocycles. The minimum absolute atomic E-state index is 0.336. The summed E-state index contributed by atoms with van der Waals surface area (Å²) in [5, 5.41) is 3.56. The van der Waals surface area contributed by atoms with E-state index in [4.69, 9.17) is 4.74 Å². The Morgan fingerprint density at radius 1 is 1.25 bits per heavy atom. The first kappa shape index (κ1) is 11.6. The zero-order valence-corrected chi connectivity index (χ0v) is 10.2. The smallest absolute Gasteiger partial charge is 0.0594 e. The molecule has 0 amide bonds. The number of hydrogen-bond donors (Lipinski definition) is 1. The fourth-order valence-corrected chi connectivity index (χ4v) is 2.26. The highest BCUT2D eigenvalue weighted by molar-refractivity contribution is 5.33. The van der Waals surface area contributed by atoms with Crippen molar-refractivity contribution in [3.05, 3.63) is 35.4 Å². The van der Waals surface area contributed by atoms with Crippen LogP contribution in [0.4, 0.5) is 0 Å². The van der Waals surface area contributed by atoms with Gasteiger partial charge in [0.05, 0.1) is 12.7 Å². The van der Waals surface area contributed by atoms with Crippen LogP contribution in [-0.4, -0.2) is 25.3 Å². The van der Waals surface area contributed by atoms with Crippen molar-refractivity contribution in [1.82, 2.24) is 5.32 Å². The van der Waals surface area contributed by atoms with E-state index < -0.39 is 0 Å². The molecular formula is C14H21NO. The van der Waals surface area contributed by atoms with E-state index in [9.17, 15) is 0 Å². The van der Waals surface area contributed by atoms with Crippen LogP contribution in [0.3, 0.4) is 0 Å². The molecule has 1 aliphatic rings. The van der Waals surface area contributed by atoms with Gasteiger partial charge in [-0.15, -0.1) is 0 Å². The summed E-state index contributed by atoms with van der Waals surface area (Å²) in [6.45, 7) is 5.91. The molecule has 0 unspecified atom stereocenters. The van der Waals surface area contributed by atoms with Gasteiger partial charge < -0.3 is 10.1 Å². The first-order chi connectivity index (χ1) is 7.75. The van der Waals surface area contributed by atoms with E-state index >= 15 is 0 Å². The SMILES string of the molecule is CC(C)OCCNC1Cc2ccccc2C1. The number of ether oxygens (including phenoxy) is 1. The van der Waals surface area contributed by atoms with Crippen molar-refractivity contribution in [3.63, 3.8) is 0 Å². The van der Waals surface area contributed by atoms with Crippen LogP contribution in [0.15, 0.2) is 24.3 Å². The molecule has 2 nitrogen and oxygen atoms in total. The van der Waals surface area contributed by atoms with Crippen LogP contribution < -0.4 is 5.32 Å². The quantitative estimate of drug-likeness (QED) is 0.766. The molecule has 0 radical (unpaired) electrons. The summed E-state index contributed by atoms with van der Waals surface area (Å²) in [5.41, 5.74) is 3.01. The van der Waals surface area contributed by atoms with Gasteiger partial charge in [-0.3, -0.25) is 0 Å². The predicted molar refractivity (Wildman–Crippen MR) is 66.7 cm³/mol. The molecule has 0 bridgehead atoms. The molecule has 16 heavy (non-hydrogen) atoms. The number of fused-ring (bicyclic) bond motifs is 1. The highest BCUT2D eigenvalue weighted by atomic mass is 16.5. The lowest BCUT2D eigenvalue weighted by Crippen LogP contribution is -2.32. The molecule has 0 heterocycles. The molecule has 1 aliphatic carbocycles. The second kappa shape index (κ2) is 5.46. The van der Waals surface area contributed by atoms with Crippen LogP contribution in [0.25, 0.3) is 0 Å². The predicted octanol–water partition coefficient (Wildman–Crippen LogP) is 2.17. The molecule has 1 aromatic rings. The highest BCUT2D eigenvalue weighted by Gasteiger charge is 2.19. The molecule has 0 aliphatic heterocycles. The lowest BCUT2D eigenvalue weighted by atomic mass is 10.1. The minimum Gasteiger partial charge on any atom is -0.377 e. The highest BCUT2D eigenvalue weighted by Crippen LogP contribution is 2.21. The Morgan fingerprint density at radius 2 is 1.88 bits per heavy atom. The molecule has 88 valence electrons. The summed E-state index contributed by atoms with van der Waals surface area (Å²) < 4.78 is 5.52. The fraction of sp³-hybridized carbons (Fsp3) is 0.571. The zero-order chi connectivity index (χ0) is 11.4. The third kappa shape index (κ3) is 3.06. The second-order valence-corrected chi connectivity index (χ2v) is 4.75. The van der Waals surface area contributed by atoms with Crippen molar-refractivity contribution in [1.29, 1.82) is 0 Å². The number of rotatable bonds is 5. The Bertz CT molecular complexity index is 310. The summed E-state index contributed by atoms with van der Waals surface area (Å²) in [6.07, 6.45) is 2.66. The van der Waals surface area contributed by atoms with Crippen molar-refractivity contribution in [2.24, 2.45) is 0 Å². The lowest BCUT2D eigenvalue weighted by Gasteiger charge is -2.13. The van der Waals surface area contributed by atoms with Crippen LogP contribution in [-0.2, 0) is 17.6 Å². The molecule has 0 fully saturated rings. The maximum atomic E-state index is 5.52.